The number of hydrogen-bond donors (Lipinski definition) is 2. The highest BCUT2D eigenvalue weighted by atomic mass is 16.2. The van der Waals surface area contributed by atoms with E-state index in [0.29, 0.717) is 6.54 Å². The molecule has 2 aromatic carbocycles. The average Bonchev–Trinajstić information content (AvgIpc) is 2.69. The summed E-state index contributed by atoms with van der Waals surface area (Å²) in [7, 11) is 0. The molecule has 1 heterocycles. The van der Waals surface area contributed by atoms with Gasteiger partial charge in [-0.1, -0.05) is 61.5 Å². The van der Waals surface area contributed by atoms with Crippen molar-refractivity contribution in [2.75, 3.05) is 13.1 Å². The first-order chi connectivity index (χ1) is 12.9. The van der Waals surface area contributed by atoms with Crippen LogP contribution in [0.3, 0.4) is 0 Å². The molecule has 0 radical (unpaired) electrons. The predicted octanol–water partition coefficient (Wildman–Crippen LogP) is 3.41. The van der Waals surface area contributed by atoms with Crippen molar-refractivity contribution in [3.05, 3.63) is 71.3 Å². The number of piperidine rings is 1. The van der Waals surface area contributed by atoms with E-state index in [1.54, 1.807) is 6.92 Å². The van der Waals surface area contributed by atoms with Gasteiger partial charge in [-0.25, -0.2) is 0 Å². The van der Waals surface area contributed by atoms with Gasteiger partial charge in [0.05, 0.1) is 0 Å². The van der Waals surface area contributed by atoms with E-state index in [1.165, 1.54) is 31.5 Å². The third-order valence-corrected chi connectivity index (χ3v) is 5.60. The zero-order valence-electron chi connectivity index (χ0n) is 16.4. The summed E-state index contributed by atoms with van der Waals surface area (Å²) in [5, 5.41) is 2.97. The molecular weight excluding hydrogens is 334 g/mol. The second-order valence-corrected chi connectivity index (χ2v) is 8.03. The Hall–Kier alpha value is -2.17. The van der Waals surface area contributed by atoms with E-state index in [4.69, 9.17) is 5.73 Å². The fraction of sp³-hybridized carbons (Fsp3) is 0.435. The molecule has 1 fully saturated rings. The van der Waals surface area contributed by atoms with Gasteiger partial charge in [0.15, 0.2) is 0 Å². The molecule has 4 nitrogen and oxygen atoms in total. The number of benzene rings is 2. The molecule has 2 aromatic rings. The molecule has 3 rings (SSSR count). The fourth-order valence-electron chi connectivity index (χ4n) is 3.52. The third-order valence-electron chi connectivity index (χ3n) is 5.60. The zero-order chi connectivity index (χ0) is 19.3. The van der Waals surface area contributed by atoms with Crippen molar-refractivity contribution in [3.63, 3.8) is 0 Å². The highest BCUT2D eigenvalue weighted by Crippen LogP contribution is 2.19. The normalized spacial score (nSPS) is 18.0. The lowest BCUT2D eigenvalue weighted by Crippen LogP contribution is -2.48. The Morgan fingerprint density at radius 1 is 1.07 bits per heavy atom. The minimum absolute atomic E-state index is 0.166. The molecule has 0 saturated carbocycles. The molecule has 1 unspecified atom stereocenters. The largest absolute Gasteiger partial charge is 0.350 e. The lowest BCUT2D eigenvalue weighted by atomic mass is 9.92. The number of rotatable bonds is 6. The molecule has 0 aromatic heterocycles. The van der Waals surface area contributed by atoms with Crippen LogP contribution in [0, 0.1) is 5.92 Å². The molecule has 0 bridgehead atoms. The number of nitrogens with two attached hydrogens (primary N) is 1. The summed E-state index contributed by atoms with van der Waals surface area (Å²) < 4.78 is 0. The number of carbonyl (C=O) groups excluding carboxylic acids is 1. The number of likely N-dealkylation sites (tertiary alicyclic amines) is 1. The Labute approximate surface area is 162 Å². The Balaban J connectivity index is 1.52. The van der Waals surface area contributed by atoms with Gasteiger partial charge in [-0.15, -0.1) is 0 Å². The van der Waals surface area contributed by atoms with Gasteiger partial charge in [-0.2, -0.15) is 0 Å². The van der Waals surface area contributed by atoms with Crippen LogP contribution < -0.4 is 11.1 Å². The van der Waals surface area contributed by atoms with Crippen molar-refractivity contribution in [2.45, 2.75) is 45.3 Å². The summed E-state index contributed by atoms with van der Waals surface area (Å²) in [6.45, 7) is 7.96. The van der Waals surface area contributed by atoms with Crippen LogP contribution in [0.5, 0.6) is 0 Å². The Morgan fingerprint density at radius 3 is 2.30 bits per heavy atom. The van der Waals surface area contributed by atoms with E-state index in [1.807, 2.05) is 30.3 Å². The molecule has 0 aliphatic carbocycles. The van der Waals surface area contributed by atoms with Gasteiger partial charge < -0.3 is 11.1 Å². The lowest BCUT2D eigenvalue weighted by Gasteiger charge is -2.30. The van der Waals surface area contributed by atoms with Crippen molar-refractivity contribution >= 4 is 5.91 Å². The summed E-state index contributed by atoms with van der Waals surface area (Å²) in [6.07, 6.45) is 2.59. The molecule has 1 aliphatic heterocycles. The van der Waals surface area contributed by atoms with Crippen LogP contribution in [0.25, 0.3) is 0 Å². The van der Waals surface area contributed by atoms with E-state index in [2.05, 4.69) is 41.4 Å². The van der Waals surface area contributed by atoms with Crippen LogP contribution in [-0.2, 0) is 23.4 Å². The Kier molecular flexibility index (Phi) is 6.30. The van der Waals surface area contributed by atoms with Crippen LogP contribution >= 0.6 is 0 Å². The first-order valence-electron chi connectivity index (χ1n) is 9.88. The molecular formula is C23H31N3O. The van der Waals surface area contributed by atoms with E-state index < -0.39 is 5.54 Å². The Morgan fingerprint density at radius 2 is 1.67 bits per heavy atom. The standard InChI is InChI=1S/C23H31N3O/c1-18-12-14-26(15-13-18)17-20-10-8-19(9-11-20)16-25-22(27)23(2,24)21-6-4-3-5-7-21/h3-11,18H,12-17,24H2,1-2H3,(H,25,27). The van der Waals surface area contributed by atoms with Crippen molar-refractivity contribution in [2.24, 2.45) is 11.7 Å². The van der Waals surface area contributed by atoms with Gasteiger partial charge in [-0.05, 0) is 55.5 Å². The third kappa shape index (κ3) is 5.18. The van der Waals surface area contributed by atoms with E-state index in [0.717, 1.165) is 23.6 Å². The molecule has 27 heavy (non-hydrogen) atoms. The smallest absolute Gasteiger partial charge is 0.244 e. The molecule has 0 spiro atoms. The van der Waals surface area contributed by atoms with E-state index in [9.17, 15) is 4.79 Å². The highest BCUT2D eigenvalue weighted by molar-refractivity contribution is 5.86. The van der Waals surface area contributed by atoms with Crippen LogP contribution in [-0.4, -0.2) is 23.9 Å². The summed E-state index contributed by atoms with van der Waals surface area (Å²) >= 11 is 0. The Bertz CT molecular complexity index is 732. The number of nitrogens with one attached hydrogen (secondary N) is 1. The van der Waals surface area contributed by atoms with Crippen LogP contribution in [0.2, 0.25) is 0 Å². The first-order valence-corrected chi connectivity index (χ1v) is 9.88. The molecule has 1 saturated heterocycles. The number of nitrogens with zero attached hydrogens (tertiary/aromatic N) is 1. The van der Waals surface area contributed by atoms with Gasteiger partial charge in [-0.3, -0.25) is 9.69 Å². The first kappa shape index (κ1) is 19.6. The van der Waals surface area contributed by atoms with Gasteiger partial charge in [0.2, 0.25) is 5.91 Å². The summed E-state index contributed by atoms with van der Waals surface area (Å²) in [6, 6.07) is 18.0. The van der Waals surface area contributed by atoms with Crippen LogP contribution in [0.1, 0.15) is 43.4 Å². The van der Waals surface area contributed by atoms with Gasteiger partial charge in [0, 0.05) is 13.1 Å². The number of carbonyl (C=O) groups is 1. The lowest BCUT2D eigenvalue weighted by molar-refractivity contribution is -0.126. The van der Waals surface area contributed by atoms with Gasteiger partial charge in [0.25, 0.3) is 0 Å². The molecule has 1 atom stereocenters. The molecule has 144 valence electrons. The fourth-order valence-corrected chi connectivity index (χ4v) is 3.52. The van der Waals surface area contributed by atoms with Crippen LogP contribution in [0.15, 0.2) is 54.6 Å². The minimum Gasteiger partial charge on any atom is -0.350 e. The van der Waals surface area contributed by atoms with Gasteiger partial charge in [0.1, 0.15) is 5.54 Å². The molecule has 1 amide bonds. The van der Waals surface area contributed by atoms with E-state index in [-0.39, 0.29) is 5.91 Å². The summed E-state index contributed by atoms with van der Waals surface area (Å²) in [4.78, 5) is 15.1. The molecule has 3 N–H and O–H groups in total. The second kappa shape index (κ2) is 8.68. The van der Waals surface area contributed by atoms with Gasteiger partial charge >= 0.3 is 0 Å². The quantitative estimate of drug-likeness (QED) is 0.825. The minimum atomic E-state index is -1.04. The predicted molar refractivity (Wildman–Crippen MR) is 110 cm³/mol. The van der Waals surface area contributed by atoms with Crippen molar-refractivity contribution in [1.82, 2.24) is 10.2 Å². The molecule has 4 heteroatoms. The van der Waals surface area contributed by atoms with Crippen molar-refractivity contribution in [3.8, 4) is 0 Å². The van der Waals surface area contributed by atoms with Crippen LogP contribution in [0.4, 0.5) is 0 Å². The maximum atomic E-state index is 12.6. The maximum absolute atomic E-state index is 12.6. The molecule has 1 aliphatic rings. The van der Waals surface area contributed by atoms with Crippen molar-refractivity contribution in [1.29, 1.82) is 0 Å². The monoisotopic (exact) mass is 365 g/mol. The number of hydrogen-bond acceptors (Lipinski definition) is 3. The summed E-state index contributed by atoms with van der Waals surface area (Å²) in [5.41, 5.74) is 8.46. The average molecular weight is 366 g/mol. The zero-order valence-corrected chi connectivity index (χ0v) is 16.4. The topological polar surface area (TPSA) is 58.4 Å². The summed E-state index contributed by atoms with van der Waals surface area (Å²) in [5.74, 6) is 0.691. The highest BCUT2D eigenvalue weighted by Gasteiger charge is 2.29. The van der Waals surface area contributed by atoms with Crippen molar-refractivity contribution < 1.29 is 4.79 Å². The maximum Gasteiger partial charge on any atom is 0.244 e. The number of amides is 1. The SMILES string of the molecule is CC1CCN(Cc2ccc(CNC(=O)C(C)(N)c3ccccc3)cc2)CC1. The van der Waals surface area contributed by atoms with E-state index >= 15 is 0 Å². The second-order valence-electron chi connectivity index (χ2n) is 8.03.